The molecule has 2 heterocycles. The van der Waals surface area contributed by atoms with Crippen molar-refractivity contribution in [1.82, 2.24) is 15.0 Å². The maximum atomic E-state index is 15.2. The molecule has 0 unspecified atom stereocenters. The zero-order chi connectivity index (χ0) is 44.7. The first kappa shape index (κ1) is 40.0. The van der Waals surface area contributed by atoms with E-state index in [1.165, 1.54) is 0 Å². The van der Waals surface area contributed by atoms with Gasteiger partial charge in [-0.05, 0) is 57.0 Å². The van der Waals surface area contributed by atoms with E-state index in [9.17, 15) is 0 Å². The lowest BCUT2D eigenvalue weighted by Gasteiger charge is -2.20. The summed E-state index contributed by atoms with van der Waals surface area (Å²) in [7, 11) is -3.13. The van der Waals surface area contributed by atoms with Gasteiger partial charge in [0.1, 0.15) is 11.2 Å². The second-order valence-electron chi connectivity index (χ2n) is 16.7. The molecule has 0 saturated carbocycles. The van der Waals surface area contributed by atoms with Gasteiger partial charge in [-0.25, -0.2) is 15.0 Å². The lowest BCUT2D eigenvalue weighted by atomic mass is 9.92. The third-order valence-electron chi connectivity index (χ3n) is 12.6. The Hall–Kier alpha value is -8.50. The Bertz CT molecular complexity index is 3700. The van der Waals surface area contributed by atoms with Crippen LogP contribution in [0.5, 0.6) is 0 Å². The lowest BCUT2D eigenvalue weighted by molar-refractivity contribution is 0.592. The van der Waals surface area contributed by atoms with Crippen LogP contribution in [0.25, 0.3) is 100 Å². The molecule has 0 radical (unpaired) electrons. The van der Waals surface area contributed by atoms with E-state index in [-0.39, 0.29) is 0 Å². The first-order valence-corrected chi connectivity index (χ1v) is 24.1. The van der Waals surface area contributed by atoms with Crippen LogP contribution in [0.4, 0.5) is 0 Å². The summed E-state index contributed by atoms with van der Waals surface area (Å²) in [6.07, 6.45) is 0. The Morgan fingerprint density at radius 3 is 1.36 bits per heavy atom. The topological polar surface area (TPSA) is 68.9 Å². The summed E-state index contributed by atoms with van der Waals surface area (Å²) in [5.41, 5.74) is 10.9. The summed E-state index contributed by atoms with van der Waals surface area (Å²) in [5.74, 6) is 1.89. The van der Waals surface area contributed by atoms with E-state index >= 15 is 4.57 Å². The maximum Gasteiger partial charge on any atom is 0.171 e. The molecule has 0 N–H and O–H groups in total. The molecule has 316 valence electrons. The van der Waals surface area contributed by atoms with Gasteiger partial charge >= 0.3 is 0 Å². The average molecular weight is 878 g/mol. The van der Waals surface area contributed by atoms with E-state index in [0.717, 1.165) is 98.7 Å². The van der Waals surface area contributed by atoms with Crippen LogP contribution in [0.2, 0.25) is 0 Å². The van der Waals surface area contributed by atoms with E-state index < -0.39 is 7.14 Å². The highest BCUT2D eigenvalue weighted by molar-refractivity contribution is 7.85. The Labute approximate surface area is 388 Å². The van der Waals surface area contributed by atoms with Gasteiger partial charge in [0.2, 0.25) is 0 Å². The van der Waals surface area contributed by atoms with Crippen molar-refractivity contribution >= 4 is 55.8 Å². The van der Waals surface area contributed by atoms with Crippen LogP contribution >= 0.6 is 7.14 Å². The summed E-state index contributed by atoms with van der Waals surface area (Å²) in [4.78, 5) is 14.8. The van der Waals surface area contributed by atoms with Crippen molar-refractivity contribution in [3.8, 4) is 67.5 Å². The number of aromatic nitrogens is 3. The molecule has 0 aliphatic heterocycles. The molecule has 10 aromatic carbocycles. The van der Waals surface area contributed by atoms with E-state index in [2.05, 4.69) is 103 Å². The molecular weight excluding hydrogens is 838 g/mol. The fourth-order valence-electron chi connectivity index (χ4n) is 9.32. The second kappa shape index (κ2) is 16.8. The summed E-state index contributed by atoms with van der Waals surface area (Å²) >= 11 is 0. The van der Waals surface area contributed by atoms with Crippen LogP contribution in [-0.2, 0) is 4.57 Å². The Kier molecular flexibility index (Phi) is 10.0. The first-order valence-electron chi connectivity index (χ1n) is 22.4. The molecule has 6 heteroatoms. The summed E-state index contributed by atoms with van der Waals surface area (Å²) in [6.45, 7) is 0. The molecule has 0 atom stereocenters. The van der Waals surface area contributed by atoms with E-state index in [0.29, 0.717) is 17.5 Å². The third kappa shape index (κ3) is 7.23. The monoisotopic (exact) mass is 877 g/mol. The summed E-state index contributed by atoms with van der Waals surface area (Å²) in [6, 6.07) is 82.2. The minimum Gasteiger partial charge on any atom is -0.455 e. The number of nitrogens with zero attached hydrogens (tertiary/aromatic N) is 3. The number of hydrogen-bond donors (Lipinski definition) is 0. The maximum absolute atomic E-state index is 15.2. The highest BCUT2D eigenvalue weighted by Gasteiger charge is 2.29. The van der Waals surface area contributed by atoms with E-state index in [1.807, 2.05) is 140 Å². The van der Waals surface area contributed by atoms with Crippen molar-refractivity contribution in [1.29, 1.82) is 0 Å². The van der Waals surface area contributed by atoms with Crippen molar-refractivity contribution in [3.05, 3.63) is 243 Å². The number of benzene rings is 10. The van der Waals surface area contributed by atoms with Gasteiger partial charge in [-0.2, -0.15) is 0 Å². The first-order chi connectivity index (χ1) is 33.1. The largest absolute Gasteiger partial charge is 0.455 e. The highest BCUT2D eigenvalue weighted by Crippen LogP contribution is 2.45. The molecule has 67 heavy (non-hydrogen) atoms. The van der Waals surface area contributed by atoms with Gasteiger partial charge in [0, 0.05) is 48.8 Å². The molecule has 0 amide bonds. The van der Waals surface area contributed by atoms with E-state index in [1.54, 1.807) is 0 Å². The fraction of sp³-hybridized carbons (Fsp3) is 0. The standard InChI is InChI=1S/C61H40N3O2P/c65-67(48-23-9-3-10-24-48,49-25-11-4-12-26-49)50-37-35-42(36-38-50)51-29-16-30-56-57(51)55-40-54(52-27-13-14-28-53(52)58(55)66-56)47-22-15-21-46(39-47)41-31-33-45(34-32-41)61-63-59(43-17-5-1-6-18-43)62-60(64-61)44-19-7-2-8-20-44/h1-40H. The van der Waals surface area contributed by atoms with Gasteiger partial charge in [0.05, 0.1) is 0 Å². The zero-order valence-electron chi connectivity index (χ0n) is 36.2. The molecule has 2 aromatic heterocycles. The Balaban J connectivity index is 0.930. The van der Waals surface area contributed by atoms with Gasteiger partial charge in [0.15, 0.2) is 24.6 Å². The molecule has 0 saturated heterocycles. The molecule has 12 aromatic rings. The van der Waals surface area contributed by atoms with Crippen molar-refractivity contribution in [2.24, 2.45) is 0 Å². The Morgan fingerprint density at radius 2 is 0.761 bits per heavy atom. The molecule has 0 fully saturated rings. The molecule has 12 rings (SSSR count). The quantitative estimate of drug-likeness (QED) is 0.135. The Morgan fingerprint density at radius 1 is 0.313 bits per heavy atom. The minimum absolute atomic E-state index is 0.620. The molecule has 0 spiro atoms. The minimum atomic E-state index is -3.13. The number of rotatable bonds is 9. The molecule has 0 aliphatic rings. The average Bonchev–Trinajstić information content (AvgIpc) is 3.81. The molecule has 0 bridgehead atoms. The zero-order valence-corrected chi connectivity index (χ0v) is 37.1. The fourth-order valence-corrected chi connectivity index (χ4v) is 12.0. The van der Waals surface area contributed by atoms with Crippen LogP contribution in [0.1, 0.15) is 0 Å². The highest BCUT2D eigenvalue weighted by atomic mass is 31.2. The van der Waals surface area contributed by atoms with Crippen LogP contribution in [0, 0.1) is 0 Å². The van der Waals surface area contributed by atoms with Gasteiger partial charge in [-0.15, -0.1) is 0 Å². The van der Waals surface area contributed by atoms with Gasteiger partial charge in [-0.3, -0.25) is 0 Å². The molecule has 0 aliphatic carbocycles. The SMILES string of the molecule is O=P(c1ccccc1)(c1ccccc1)c1ccc(-c2cccc3oc4c5ccccc5c(-c5cccc(-c6ccc(-c7nc(-c8ccccc8)nc(-c8ccccc8)n7)cc6)c5)cc4c23)cc1. The van der Waals surface area contributed by atoms with Crippen molar-refractivity contribution < 1.29 is 8.98 Å². The van der Waals surface area contributed by atoms with Crippen LogP contribution in [-0.4, -0.2) is 15.0 Å². The number of furan rings is 1. The predicted octanol–water partition coefficient (Wildman–Crippen LogP) is 14.6. The van der Waals surface area contributed by atoms with Gasteiger partial charge in [0.25, 0.3) is 0 Å². The summed E-state index contributed by atoms with van der Waals surface area (Å²) < 4.78 is 21.9. The van der Waals surface area contributed by atoms with Gasteiger partial charge < -0.3 is 8.98 Å². The van der Waals surface area contributed by atoms with E-state index in [4.69, 9.17) is 19.4 Å². The predicted molar refractivity (Wildman–Crippen MR) is 277 cm³/mol. The number of hydrogen-bond acceptors (Lipinski definition) is 5. The molecule has 5 nitrogen and oxygen atoms in total. The molecular formula is C61H40N3O2P. The third-order valence-corrected chi connectivity index (χ3v) is 15.7. The van der Waals surface area contributed by atoms with Crippen LogP contribution in [0.15, 0.2) is 247 Å². The lowest BCUT2D eigenvalue weighted by Crippen LogP contribution is -2.24. The van der Waals surface area contributed by atoms with Crippen LogP contribution in [0.3, 0.4) is 0 Å². The normalized spacial score (nSPS) is 11.6. The number of fused-ring (bicyclic) bond motifs is 5. The van der Waals surface area contributed by atoms with Crippen molar-refractivity contribution in [2.45, 2.75) is 0 Å². The van der Waals surface area contributed by atoms with Crippen LogP contribution < -0.4 is 15.9 Å². The van der Waals surface area contributed by atoms with Gasteiger partial charge in [-0.1, -0.05) is 224 Å². The smallest absolute Gasteiger partial charge is 0.171 e. The van der Waals surface area contributed by atoms with Crippen molar-refractivity contribution in [3.63, 3.8) is 0 Å². The second-order valence-corrected chi connectivity index (χ2v) is 19.4. The summed E-state index contributed by atoms with van der Waals surface area (Å²) in [5, 5.41) is 6.67. The van der Waals surface area contributed by atoms with Crippen molar-refractivity contribution in [2.75, 3.05) is 0 Å².